The number of hydrogen-bond donors (Lipinski definition) is 3. The Morgan fingerprint density at radius 1 is 1.11 bits per heavy atom. The molecule has 3 N–H and O–H groups in total. The molecular weight excluding hydrogens is 363 g/mol. The minimum absolute atomic E-state index is 0.0728. The molecule has 1 aliphatic heterocycles. The minimum atomic E-state index is -4.54. The van der Waals surface area contributed by atoms with Gasteiger partial charge in [-0.15, -0.1) is 0 Å². The highest BCUT2D eigenvalue weighted by Gasteiger charge is 2.35. The number of amides is 1. The Kier molecular flexibility index (Phi) is 6.03. The van der Waals surface area contributed by atoms with Crippen molar-refractivity contribution >= 4 is 11.8 Å². The average Bonchev–Trinajstić information content (AvgIpc) is 2.63. The number of alkyl halides is 3. The number of carboxylic acid groups (broad SMARTS) is 1. The molecule has 1 aliphatic carbocycles. The molecule has 0 spiro atoms. The van der Waals surface area contributed by atoms with Crippen molar-refractivity contribution in [3.63, 3.8) is 0 Å². The predicted octanol–water partition coefficient (Wildman–Crippen LogP) is 2.63. The van der Waals surface area contributed by atoms with Gasteiger partial charge in [0.2, 0.25) is 5.82 Å². The normalized spacial score (nSPS) is 26.6. The molecule has 150 valence electrons. The Morgan fingerprint density at radius 2 is 1.78 bits per heavy atom. The first-order chi connectivity index (χ1) is 12.8. The van der Waals surface area contributed by atoms with E-state index in [0.29, 0.717) is 12.2 Å². The van der Waals surface area contributed by atoms with Gasteiger partial charge in [0, 0.05) is 31.2 Å². The topological polar surface area (TPSA) is 90.4 Å². The van der Waals surface area contributed by atoms with E-state index in [0.717, 1.165) is 45.1 Å². The summed E-state index contributed by atoms with van der Waals surface area (Å²) in [6.45, 7) is 1.36. The van der Waals surface area contributed by atoms with E-state index in [1.165, 1.54) is 12.4 Å². The molecule has 1 aromatic heterocycles. The number of carbonyl (C=O) groups is 1. The van der Waals surface area contributed by atoms with Gasteiger partial charge in [0.25, 0.3) is 0 Å². The number of halogens is 3. The second-order valence-corrected chi connectivity index (χ2v) is 7.16. The molecule has 3 atom stereocenters. The molecule has 1 aromatic rings. The monoisotopic (exact) mass is 387 g/mol. The van der Waals surface area contributed by atoms with E-state index >= 15 is 0 Å². The smallest absolute Gasteiger partial charge is 0.451 e. The first kappa shape index (κ1) is 19.7. The number of nitrogens with one attached hydrogen (secondary N) is 2. The zero-order valence-electron chi connectivity index (χ0n) is 14.9. The Balaban J connectivity index is 1.61. The van der Waals surface area contributed by atoms with E-state index in [2.05, 4.69) is 20.6 Å². The van der Waals surface area contributed by atoms with Crippen molar-refractivity contribution < 1.29 is 23.1 Å². The molecule has 7 nitrogen and oxygen atoms in total. The molecular formula is C17H24F3N5O2. The first-order valence-electron chi connectivity index (χ1n) is 9.22. The summed E-state index contributed by atoms with van der Waals surface area (Å²) in [5.41, 5.74) is 0.568. The summed E-state index contributed by atoms with van der Waals surface area (Å²) in [5.74, 6) is -1.14. The van der Waals surface area contributed by atoms with Crippen LogP contribution < -0.4 is 15.5 Å². The Hall–Kier alpha value is -2.10. The SMILES string of the molecule is O=C(O)N[C@@H]1CCCC[C@H]1N[C@H]1CCCN(c2cnc(C(F)(F)F)nc2)C1. The van der Waals surface area contributed by atoms with E-state index in [4.69, 9.17) is 5.11 Å². The molecule has 27 heavy (non-hydrogen) atoms. The number of nitrogens with zero attached hydrogens (tertiary/aromatic N) is 3. The first-order valence-corrected chi connectivity index (χ1v) is 9.22. The lowest BCUT2D eigenvalue weighted by Gasteiger charge is -2.39. The van der Waals surface area contributed by atoms with Crippen molar-refractivity contribution in [1.29, 1.82) is 0 Å². The fourth-order valence-corrected chi connectivity index (χ4v) is 3.94. The highest BCUT2D eigenvalue weighted by atomic mass is 19.4. The molecule has 0 aromatic carbocycles. The van der Waals surface area contributed by atoms with Gasteiger partial charge in [0.15, 0.2) is 0 Å². The maximum Gasteiger partial charge on any atom is 0.451 e. The summed E-state index contributed by atoms with van der Waals surface area (Å²) >= 11 is 0. The van der Waals surface area contributed by atoms with Crippen LogP contribution in [-0.4, -0.2) is 52.4 Å². The molecule has 1 amide bonds. The molecule has 0 unspecified atom stereocenters. The highest BCUT2D eigenvalue weighted by molar-refractivity contribution is 5.65. The fourth-order valence-electron chi connectivity index (χ4n) is 3.94. The van der Waals surface area contributed by atoms with Gasteiger partial charge in [-0.3, -0.25) is 0 Å². The van der Waals surface area contributed by atoms with E-state index in [1.807, 2.05) is 4.90 Å². The average molecular weight is 387 g/mol. The van der Waals surface area contributed by atoms with Gasteiger partial charge in [-0.2, -0.15) is 13.2 Å². The number of piperidine rings is 1. The lowest BCUT2D eigenvalue weighted by molar-refractivity contribution is -0.145. The van der Waals surface area contributed by atoms with Crippen molar-refractivity contribution in [2.24, 2.45) is 0 Å². The molecule has 1 saturated carbocycles. The lowest BCUT2D eigenvalue weighted by atomic mass is 9.89. The standard InChI is InChI=1S/C17H24F3N5O2/c18-17(19,20)15-21-8-12(9-22-15)25-7-3-4-11(10-25)23-13-5-1-2-6-14(13)24-16(26)27/h8-9,11,13-14,23-24H,1-7,10H2,(H,26,27)/t11-,13+,14+/m0/s1. The summed E-state index contributed by atoms with van der Waals surface area (Å²) < 4.78 is 37.8. The number of hydrogen-bond acceptors (Lipinski definition) is 5. The summed E-state index contributed by atoms with van der Waals surface area (Å²) in [7, 11) is 0. The maximum absolute atomic E-state index is 12.6. The van der Waals surface area contributed by atoms with Crippen molar-refractivity contribution in [2.75, 3.05) is 18.0 Å². The molecule has 3 rings (SSSR count). The van der Waals surface area contributed by atoms with Crippen LogP contribution in [-0.2, 0) is 6.18 Å². The Morgan fingerprint density at radius 3 is 2.41 bits per heavy atom. The van der Waals surface area contributed by atoms with Gasteiger partial charge >= 0.3 is 12.3 Å². The van der Waals surface area contributed by atoms with Crippen LogP contribution in [0.2, 0.25) is 0 Å². The van der Waals surface area contributed by atoms with Crippen molar-refractivity contribution in [3.05, 3.63) is 18.2 Å². The third kappa shape index (κ3) is 5.21. The largest absolute Gasteiger partial charge is 0.465 e. The van der Waals surface area contributed by atoms with Gasteiger partial charge in [-0.25, -0.2) is 14.8 Å². The van der Waals surface area contributed by atoms with Gasteiger partial charge < -0.3 is 20.6 Å². The summed E-state index contributed by atoms with van der Waals surface area (Å²) in [6, 6.07) is 0.104. The summed E-state index contributed by atoms with van der Waals surface area (Å²) in [4.78, 5) is 19.8. The number of rotatable bonds is 4. The Bertz CT molecular complexity index is 640. The zero-order valence-corrected chi connectivity index (χ0v) is 14.9. The van der Waals surface area contributed by atoms with Crippen molar-refractivity contribution in [2.45, 2.75) is 62.8 Å². The van der Waals surface area contributed by atoms with E-state index in [1.54, 1.807) is 0 Å². The third-order valence-electron chi connectivity index (χ3n) is 5.20. The molecule has 10 heteroatoms. The molecule has 2 fully saturated rings. The highest BCUT2D eigenvalue weighted by Crippen LogP contribution is 2.27. The summed E-state index contributed by atoms with van der Waals surface area (Å²) in [6.07, 6.45) is 2.48. The van der Waals surface area contributed by atoms with Gasteiger partial charge in [-0.1, -0.05) is 12.8 Å². The van der Waals surface area contributed by atoms with E-state index in [-0.39, 0.29) is 18.1 Å². The van der Waals surface area contributed by atoms with Crippen LogP contribution in [0.25, 0.3) is 0 Å². The second kappa shape index (κ2) is 8.28. The summed E-state index contributed by atoms with van der Waals surface area (Å²) in [5, 5.41) is 15.2. The minimum Gasteiger partial charge on any atom is -0.465 e. The molecule has 2 aliphatic rings. The quantitative estimate of drug-likeness (QED) is 0.736. The lowest BCUT2D eigenvalue weighted by Crippen LogP contribution is -2.57. The van der Waals surface area contributed by atoms with Crippen LogP contribution in [0.5, 0.6) is 0 Å². The van der Waals surface area contributed by atoms with E-state index < -0.39 is 18.1 Å². The van der Waals surface area contributed by atoms with Crippen molar-refractivity contribution in [1.82, 2.24) is 20.6 Å². The maximum atomic E-state index is 12.6. The van der Waals surface area contributed by atoms with Crippen LogP contribution in [0.15, 0.2) is 12.4 Å². The van der Waals surface area contributed by atoms with Gasteiger partial charge in [0.1, 0.15) is 0 Å². The van der Waals surface area contributed by atoms with E-state index in [9.17, 15) is 18.0 Å². The van der Waals surface area contributed by atoms with Crippen LogP contribution in [0.1, 0.15) is 44.3 Å². The molecule has 0 bridgehead atoms. The fraction of sp³-hybridized carbons (Fsp3) is 0.706. The van der Waals surface area contributed by atoms with Gasteiger partial charge in [0.05, 0.1) is 18.1 Å². The van der Waals surface area contributed by atoms with Crippen molar-refractivity contribution in [3.8, 4) is 0 Å². The Labute approximate surface area is 155 Å². The van der Waals surface area contributed by atoms with Crippen LogP contribution in [0, 0.1) is 0 Å². The molecule has 0 radical (unpaired) electrons. The molecule has 1 saturated heterocycles. The molecule has 2 heterocycles. The van der Waals surface area contributed by atoms with Gasteiger partial charge in [-0.05, 0) is 25.7 Å². The van der Waals surface area contributed by atoms with Crippen LogP contribution >= 0.6 is 0 Å². The van der Waals surface area contributed by atoms with Crippen LogP contribution in [0.3, 0.4) is 0 Å². The number of aromatic nitrogens is 2. The predicted molar refractivity (Wildman–Crippen MR) is 92.6 cm³/mol. The van der Waals surface area contributed by atoms with Crippen LogP contribution in [0.4, 0.5) is 23.7 Å². The third-order valence-corrected chi connectivity index (χ3v) is 5.20. The zero-order chi connectivity index (χ0) is 19.4. The number of anilines is 1. The second-order valence-electron chi connectivity index (χ2n) is 7.16.